The molecule has 3 aromatic rings. The third-order valence-electron chi connectivity index (χ3n) is 5.25. The summed E-state index contributed by atoms with van der Waals surface area (Å²) in [5, 5.41) is 15.2. The van der Waals surface area contributed by atoms with E-state index in [9.17, 15) is 10.1 Å². The van der Waals surface area contributed by atoms with Gasteiger partial charge in [-0.15, -0.1) is 11.3 Å². The first-order valence-corrected chi connectivity index (χ1v) is 12.6. The number of carbonyl (C=O) groups excluding carboxylic acids is 1. The van der Waals surface area contributed by atoms with Crippen molar-refractivity contribution < 1.29 is 4.79 Å². The van der Waals surface area contributed by atoms with Gasteiger partial charge in [0.05, 0.1) is 16.5 Å². The highest BCUT2D eigenvalue weighted by Gasteiger charge is 2.23. The Morgan fingerprint density at radius 1 is 1.35 bits per heavy atom. The van der Waals surface area contributed by atoms with E-state index in [1.165, 1.54) is 28.7 Å². The molecule has 4 rings (SSSR count). The number of anilines is 1. The van der Waals surface area contributed by atoms with Crippen LogP contribution < -0.4 is 5.32 Å². The van der Waals surface area contributed by atoms with Crippen molar-refractivity contribution in [3.63, 3.8) is 0 Å². The van der Waals surface area contributed by atoms with Crippen LogP contribution in [0, 0.1) is 17.2 Å². The van der Waals surface area contributed by atoms with Crippen LogP contribution in [0.2, 0.25) is 0 Å². The number of benzene rings is 1. The fourth-order valence-electron chi connectivity index (χ4n) is 3.51. The van der Waals surface area contributed by atoms with E-state index in [0.717, 1.165) is 40.7 Å². The smallest absolute Gasteiger partial charge is 0.239 e. The number of pyridine rings is 1. The van der Waals surface area contributed by atoms with Crippen LogP contribution >= 0.6 is 39.0 Å². The molecule has 1 N–H and O–H groups in total. The molecule has 0 saturated carbocycles. The van der Waals surface area contributed by atoms with Crippen molar-refractivity contribution in [3.05, 3.63) is 57.0 Å². The molecule has 31 heavy (non-hydrogen) atoms. The van der Waals surface area contributed by atoms with Crippen LogP contribution in [0.1, 0.15) is 37.1 Å². The zero-order chi connectivity index (χ0) is 22.0. The lowest BCUT2D eigenvalue weighted by molar-refractivity contribution is -0.115. The highest BCUT2D eigenvalue weighted by Crippen LogP contribution is 2.32. The number of amides is 1. The summed E-state index contributed by atoms with van der Waals surface area (Å²) in [4.78, 5) is 22.0. The van der Waals surface area contributed by atoms with E-state index < -0.39 is 5.25 Å². The van der Waals surface area contributed by atoms with E-state index in [1.54, 1.807) is 0 Å². The Hall–Kier alpha value is -2.21. The Kier molecular flexibility index (Phi) is 6.75. The Bertz CT molecular complexity index is 1150. The van der Waals surface area contributed by atoms with Gasteiger partial charge in [-0.05, 0) is 55.9 Å². The second-order valence-corrected chi connectivity index (χ2v) is 10.8. The molecule has 0 fully saturated rings. The fourth-order valence-corrected chi connectivity index (χ4v) is 5.39. The number of aryl methyl sites for hydroxylation is 1. The number of fused-ring (bicyclic) bond motifs is 1. The Morgan fingerprint density at radius 2 is 2.13 bits per heavy atom. The third kappa shape index (κ3) is 5.17. The maximum atomic E-state index is 12.8. The maximum absolute atomic E-state index is 12.8. The van der Waals surface area contributed by atoms with Crippen LogP contribution in [0.25, 0.3) is 11.3 Å². The van der Waals surface area contributed by atoms with Gasteiger partial charge in [0.1, 0.15) is 11.1 Å². The van der Waals surface area contributed by atoms with Gasteiger partial charge in [0, 0.05) is 21.1 Å². The van der Waals surface area contributed by atoms with Gasteiger partial charge in [0.15, 0.2) is 5.13 Å². The summed E-state index contributed by atoms with van der Waals surface area (Å²) in [5.74, 6) is 0.461. The molecule has 1 aromatic carbocycles. The zero-order valence-electron chi connectivity index (χ0n) is 17.2. The molecule has 2 aromatic heterocycles. The first-order chi connectivity index (χ1) is 14.9. The topological polar surface area (TPSA) is 78.7 Å². The van der Waals surface area contributed by atoms with Crippen LogP contribution in [0.5, 0.6) is 0 Å². The van der Waals surface area contributed by atoms with E-state index in [-0.39, 0.29) is 5.91 Å². The number of halogens is 1. The van der Waals surface area contributed by atoms with E-state index in [2.05, 4.69) is 39.2 Å². The second kappa shape index (κ2) is 9.51. The summed E-state index contributed by atoms with van der Waals surface area (Å²) in [6, 6.07) is 12.1. The van der Waals surface area contributed by atoms with Crippen molar-refractivity contribution in [2.24, 2.45) is 5.92 Å². The third-order valence-corrected chi connectivity index (χ3v) is 7.64. The van der Waals surface area contributed by atoms with Gasteiger partial charge in [-0.1, -0.05) is 46.7 Å². The quantitative estimate of drug-likeness (QED) is 0.418. The number of nitrogens with zero attached hydrogens (tertiary/aromatic N) is 3. The molecule has 1 aliphatic carbocycles. The van der Waals surface area contributed by atoms with Crippen molar-refractivity contribution in [2.45, 2.75) is 43.4 Å². The average Bonchev–Trinajstić information content (AvgIpc) is 3.22. The van der Waals surface area contributed by atoms with E-state index in [1.807, 2.05) is 42.6 Å². The summed E-state index contributed by atoms with van der Waals surface area (Å²) in [7, 11) is 0. The molecule has 0 spiro atoms. The number of thiazole rings is 1. The molecule has 1 aliphatic rings. The van der Waals surface area contributed by atoms with Crippen LogP contribution in [-0.4, -0.2) is 21.1 Å². The first-order valence-electron chi connectivity index (χ1n) is 10.0. The number of hydrogen-bond donors (Lipinski definition) is 1. The SMILES string of the molecule is CC1CCc2nc(SC(C)C(=O)Nc3nc(-c4ccc(Br)cc4)cs3)c(C#N)cc2C1. The molecular formula is C23H21BrN4OS2. The van der Waals surface area contributed by atoms with Gasteiger partial charge in [0.2, 0.25) is 5.91 Å². The maximum Gasteiger partial charge on any atom is 0.239 e. The minimum absolute atomic E-state index is 0.154. The lowest BCUT2D eigenvalue weighted by Gasteiger charge is -2.22. The van der Waals surface area contributed by atoms with E-state index >= 15 is 0 Å². The number of carbonyl (C=O) groups is 1. The molecule has 0 saturated heterocycles. The highest BCUT2D eigenvalue weighted by molar-refractivity contribution is 9.10. The summed E-state index contributed by atoms with van der Waals surface area (Å²) in [6.07, 6.45) is 2.99. The van der Waals surface area contributed by atoms with Crippen LogP contribution in [-0.2, 0) is 17.6 Å². The molecule has 8 heteroatoms. The van der Waals surface area contributed by atoms with Gasteiger partial charge < -0.3 is 5.32 Å². The van der Waals surface area contributed by atoms with E-state index in [4.69, 9.17) is 4.98 Å². The standard InChI is InChI=1S/C23H21BrN4OS2/c1-13-3-8-19-16(9-13)10-17(11-25)22(26-19)31-14(2)21(29)28-23-27-20(12-30-23)15-4-6-18(24)7-5-15/h4-7,10,12-14H,3,8-9H2,1-2H3,(H,27,28,29). The van der Waals surface area contributed by atoms with Crippen molar-refractivity contribution >= 4 is 50.1 Å². The number of hydrogen-bond acceptors (Lipinski definition) is 6. The van der Waals surface area contributed by atoms with Crippen LogP contribution in [0.15, 0.2) is 45.2 Å². The summed E-state index contributed by atoms with van der Waals surface area (Å²) in [5.41, 5.74) is 4.59. The number of rotatable bonds is 5. The second-order valence-electron chi connectivity index (χ2n) is 7.70. The minimum atomic E-state index is -0.403. The number of thioether (sulfide) groups is 1. The predicted octanol–water partition coefficient (Wildman–Crippen LogP) is 6.08. The minimum Gasteiger partial charge on any atom is -0.301 e. The summed E-state index contributed by atoms with van der Waals surface area (Å²) in [6.45, 7) is 4.05. The summed E-state index contributed by atoms with van der Waals surface area (Å²) >= 11 is 6.15. The Balaban J connectivity index is 1.45. The Morgan fingerprint density at radius 3 is 2.87 bits per heavy atom. The number of nitriles is 1. The monoisotopic (exact) mass is 512 g/mol. The average molecular weight is 513 g/mol. The van der Waals surface area contributed by atoms with Crippen LogP contribution in [0.3, 0.4) is 0 Å². The van der Waals surface area contributed by atoms with Gasteiger partial charge in [-0.2, -0.15) is 5.26 Å². The fraction of sp³-hybridized carbons (Fsp3) is 0.304. The predicted molar refractivity (Wildman–Crippen MR) is 129 cm³/mol. The molecule has 2 unspecified atom stereocenters. The molecule has 0 radical (unpaired) electrons. The number of nitrogens with one attached hydrogen (secondary N) is 1. The van der Waals surface area contributed by atoms with Crippen molar-refractivity contribution in [3.8, 4) is 17.3 Å². The molecule has 0 bridgehead atoms. The van der Waals surface area contributed by atoms with Crippen molar-refractivity contribution in [1.29, 1.82) is 5.26 Å². The first kappa shape index (κ1) is 22.0. The number of aromatic nitrogens is 2. The van der Waals surface area contributed by atoms with Crippen molar-refractivity contribution in [1.82, 2.24) is 9.97 Å². The molecule has 158 valence electrons. The highest BCUT2D eigenvalue weighted by atomic mass is 79.9. The van der Waals surface area contributed by atoms with Gasteiger partial charge >= 0.3 is 0 Å². The zero-order valence-corrected chi connectivity index (χ0v) is 20.4. The van der Waals surface area contributed by atoms with E-state index in [0.29, 0.717) is 21.6 Å². The molecule has 0 aliphatic heterocycles. The molecule has 2 heterocycles. The lowest BCUT2D eigenvalue weighted by Crippen LogP contribution is -2.23. The normalized spacial score (nSPS) is 16.3. The van der Waals surface area contributed by atoms with Gasteiger partial charge in [-0.3, -0.25) is 4.79 Å². The summed E-state index contributed by atoms with van der Waals surface area (Å²) < 4.78 is 1.01. The largest absolute Gasteiger partial charge is 0.301 e. The van der Waals surface area contributed by atoms with Gasteiger partial charge in [-0.25, -0.2) is 9.97 Å². The Labute approximate surface area is 198 Å². The molecule has 1 amide bonds. The van der Waals surface area contributed by atoms with Crippen molar-refractivity contribution in [2.75, 3.05) is 5.32 Å². The van der Waals surface area contributed by atoms with Gasteiger partial charge in [0.25, 0.3) is 0 Å². The van der Waals surface area contributed by atoms with Crippen LogP contribution in [0.4, 0.5) is 5.13 Å². The lowest BCUT2D eigenvalue weighted by atomic mass is 9.87. The molecule has 5 nitrogen and oxygen atoms in total. The molecule has 2 atom stereocenters. The molecular weight excluding hydrogens is 492 g/mol.